The van der Waals surface area contributed by atoms with Gasteiger partial charge in [0.25, 0.3) is 5.91 Å². The lowest BCUT2D eigenvalue weighted by Crippen LogP contribution is -2.11. The van der Waals surface area contributed by atoms with Gasteiger partial charge < -0.3 is 10.1 Å². The summed E-state index contributed by atoms with van der Waals surface area (Å²) in [5, 5.41) is 2.93. The van der Waals surface area contributed by atoms with E-state index in [1.54, 1.807) is 24.3 Å². The van der Waals surface area contributed by atoms with Crippen molar-refractivity contribution in [2.45, 2.75) is 6.92 Å². The normalized spacial score (nSPS) is 10.9. The van der Waals surface area contributed by atoms with Crippen molar-refractivity contribution in [2.75, 3.05) is 5.32 Å². The van der Waals surface area contributed by atoms with Crippen LogP contribution < -0.4 is 10.1 Å². The van der Waals surface area contributed by atoms with Gasteiger partial charge in [-0.25, -0.2) is 9.37 Å². The van der Waals surface area contributed by atoms with Crippen molar-refractivity contribution < 1.29 is 13.9 Å². The van der Waals surface area contributed by atoms with Gasteiger partial charge in [-0.05, 0) is 67.6 Å². The number of carbonyl (C=O) groups is 1. The second-order valence-electron chi connectivity index (χ2n) is 7.20. The van der Waals surface area contributed by atoms with Crippen molar-refractivity contribution in [2.24, 2.45) is 0 Å². The second-order valence-corrected chi connectivity index (χ2v) is 8.17. The molecular weight excluding hydrogens is 425 g/mol. The summed E-state index contributed by atoms with van der Waals surface area (Å²) < 4.78 is 20.8. The number of para-hydroxylation sites is 1. The summed E-state index contributed by atoms with van der Waals surface area (Å²) in [6, 6.07) is 22.9. The lowest BCUT2D eigenvalue weighted by molar-refractivity contribution is 0.102. The van der Waals surface area contributed by atoms with E-state index in [9.17, 15) is 9.18 Å². The molecule has 0 aliphatic carbocycles. The number of rotatable bonds is 5. The highest BCUT2D eigenvalue weighted by atomic mass is 32.1. The number of carbonyl (C=O) groups excluding carboxylic acids is 1. The zero-order chi connectivity index (χ0) is 22.1. The molecule has 0 spiro atoms. The zero-order valence-corrected chi connectivity index (χ0v) is 17.9. The molecule has 5 rings (SSSR count). The Balaban J connectivity index is 1.32. The van der Waals surface area contributed by atoms with Gasteiger partial charge in [0.1, 0.15) is 22.2 Å². The summed E-state index contributed by atoms with van der Waals surface area (Å²) in [5.74, 6) is 0.956. The van der Waals surface area contributed by atoms with Gasteiger partial charge >= 0.3 is 0 Å². The smallest absolute Gasteiger partial charge is 0.267 e. The highest BCUT2D eigenvalue weighted by molar-refractivity contribution is 7.19. The van der Waals surface area contributed by atoms with Crippen LogP contribution in [0.5, 0.6) is 11.5 Å². The SMILES string of the molecule is Cc1c(C(=O)Nc2ccc(Oc3ccccc3)cc2)sc2nc(-c3ccc(F)cc3)cn12. The average molecular weight is 444 g/mol. The van der Waals surface area contributed by atoms with Gasteiger partial charge in [-0.15, -0.1) is 0 Å². The molecule has 7 heteroatoms. The predicted octanol–water partition coefficient (Wildman–Crippen LogP) is 6.55. The molecule has 0 fully saturated rings. The summed E-state index contributed by atoms with van der Waals surface area (Å²) in [7, 11) is 0. The molecule has 1 amide bonds. The van der Waals surface area contributed by atoms with Crippen molar-refractivity contribution in [3.8, 4) is 22.8 Å². The minimum atomic E-state index is -0.287. The molecule has 5 aromatic rings. The van der Waals surface area contributed by atoms with Gasteiger partial charge in [-0.3, -0.25) is 9.20 Å². The predicted molar refractivity (Wildman–Crippen MR) is 124 cm³/mol. The first-order valence-corrected chi connectivity index (χ1v) is 10.8. The lowest BCUT2D eigenvalue weighted by Gasteiger charge is -2.08. The van der Waals surface area contributed by atoms with E-state index in [1.807, 2.05) is 60.0 Å². The van der Waals surface area contributed by atoms with E-state index in [1.165, 1.54) is 23.5 Å². The summed E-state index contributed by atoms with van der Waals surface area (Å²) in [4.78, 5) is 18.7. The summed E-state index contributed by atoms with van der Waals surface area (Å²) in [6.07, 6.45) is 1.86. The Kier molecular flexibility index (Phi) is 5.17. The Bertz CT molecular complexity index is 1390. The van der Waals surface area contributed by atoms with Crippen molar-refractivity contribution in [3.63, 3.8) is 0 Å². The van der Waals surface area contributed by atoms with Crippen molar-refractivity contribution in [1.29, 1.82) is 0 Å². The molecule has 2 heterocycles. The third-order valence-electron chi connectivity index (χ3n) is 4.99. The van der Waals surface area contributed by atoms with Crippen molar-refractivity contribution in [1.82, 2.24) is 9.38 Å². The number of nitrogens with zero attached hydrogens (tertiary/aromatic N) is 2. The molecule has 5 nitrogen and oxygen atoms in total. The van der Waals surface area contributed by atoms with E-state index < -0.39 is 0 Å². The number of anilines is 1. The Labute approximate surface area is 187 Å². The van der Waals surface area contributed by atoms with Crippen LogP contribution in [0, 0.1) is 12.7 Å². The maximum Gasteiger partial charge on any atom is 0.267 e. The highest BCUT2D eigenvalue weighted by Crippen LogP contribution is 2.28. The molecule has 0 radical (unpaired) electrons. The number of thiazole rings is 1. The summed E-state index contributed by atoms with van der Waals surface area (Å²) >= 11 is 1.32. The van der Waals surface area contributed by atoms with Crippen LogP contribution in [0.3, 0.4) is 0 Å². The topological polar surface area (TPSA) is 55.6 Å². The number of ether oxygens (including phenoxy) is 1. The number of amides is 1. The fraction of sp³-hybridized carbons (Fsp3) is 0.0400. The molecule has 0 unspecified atom stereocenters. The summed E-state index contributed by atoms with van der Waals surface area (Å²) in [6.45, 7) is 1.88. The monoisotopic (exact) mass is 443 g/mol. The maximum absolute atomic E-state index is 13.2. The molecule has 0 atom stereocenters. The number of aromatic nitrogens is 2. The van der Waals surface area contributed by atoms with Crippen LogP contribution in [0.2, 0.25) is 0 Å². The molecule has 0 saturated heterocycles. The highest BCUT2D eigenvalue weighted by Gasteiger charge is 2.18. The molecule has 0 aliphatic heterocycles. The third kappa shape index (κ3) is 3.98. The number of fused-ring (bicyclic) bond motifs is 1. The van der Waals surface area contributed by atoms with E-state index in [2.05, 4.69) is 10.3 Å². The minimum absolute atomic E-state index is 0.196. The number of hydrogen-bond acceptors (Lipinski definition) is 4. The Morgan fingerprint density at radius 2 is 1.66 bits per heavy atom. The first kappa shape index (κ1) is 20.0. The second kappa shape index (κ2) is 8.28. The van der Waals surface area contributed by atoms with Gasteiger partial charge in [0, 0.05) is 23.1 Å². The summed E-state index contributed by atoms with van der Waals surface area (Å²) in [5.41, 5.74) is 3.03. The van der Waals surface area contributed by atoms with Crippen LogP contribution in [-0.4, -0.2) is 15.3 Å². The Morgan fingerprint density at radius 1 is 0.969 bits per heavy atom. The number of hydrogen-bond donors (Lipinski definition) is 1. The number of imidazole rings is 1. The van der Waals surface area contributed by atoms with E-state index in [0.29, 0.717) is 21.3 Å². The molecule has 32 heavy (non-hydrogen) atoms. The van der Waals surface area contributed by atoms with E-state index in [0.717, 1.165) is 22.7 Å². The molecule has 3 aromatic carbocycles. The number of aryl methyl sites for hydroxylation is 1. The Hall–Kier alpha value is -3.97. The average Bonchev–Trinajstić information content (AvgIpc) is 3.36. The standard InChI is InChI=1S/C25H18FN3O2S/c1-16-23(32-25-28-22(15-29(16)25)17-7-9-18(26)10-8-17)24(30)27-19-11-13-21(14-12-19)31-20-5-3-2-4-6-20/h2-15H,1H3,(H,27,30). The van der Waals surface area contributed by atoms with E-state index in [4.69, 9.17) is 4.74 Å². The van der Waals surface area contributed by atoms with Crippen molar-refractivity contribution in [3.05, 3.63) is 101 Å². The van der Waals surface area contributed by atoms with Crippen LogP contribution in [-0.2, 0) is 0 Å². The molecule has 158 valence electrons. The van der Waals surface area contributed by atoms with Gasteiger partial charge in [-0.1, -0.05) is 29.5 Å². The molecule has 0 aliphatic rings. The van der Waals surface area contributed by atoms with Crippen LogP contribution in [0.1, 0.15) is 15.4 Å². The van der Waals surface area contributed by atoms with Gasteiger partial charge in [0.2, 0.25) is 0 Å². The van der Waals surface area contributed by atoms with Crippen molar-refractivity contribution >= 4 is 27.9 Å². The molecule has 2 aromatic heterocycles. The van der Waals surface area contributed by atoms with E-state index >= 15 is 0 Å². The van der Waals surface area contributed by atoms with Crippen LogP contribution in [0.4, 0.5) is 10.1 Å². The Morgan fingerprint density at radius 3 is 2.34 bits per heavy atom. The fourth-order valence-corrected chi connectivity index (χ4v) is 4.34. The molecule has 0 saturated carbocycles. The number of nitrogens with one attached hydrogen (secondary N) is 1. The quantitative estimate of drug-likeness (QED) is 0.335. The molecule has 0 bridgehead atoms. The number of halogens is 1. The van der Waals surface area contributed by atoms with Crippen LogP contribution in [0.15, 0.2) is 85.1 Å². The van der Waals surface area contributed by atoms with Gasteiger partial charge in [0.15, 0.2) is 4.96 Å². The lowest BCUT2D eigenvalue weighted by atomic mass is 10.2. The largest absolute Gasteiger partial charge is 0.457 e. The number of benzene rings is 3. The minimum Gasteiger partial charge on any atom is -0.457 e. The van der Waals surface area contributed by atoms with Gasteiger partial charge in [0.05, 0.1) is 5.69 Å². The molecular formula is C25H18FN3O2S. The van der Waals surface area contributed by atoms with Crippen LogP contribution in [0.25, 0.3) is 16.2 Å². The van der Waals surface area contributed by atoms with Crippen LogP contribution >= 0.6 is 11.3 Å². The fourth-order valence-electron chi connectivity index (χ4n) is 3.34. The molecule has 1 N–H and O–H groups in total. The van der Waals surface area contributed by atoms with E-state index in [-0.39, 0.29) is 11.7 Å². The maximum atomic E-state index is 13.2. The van der Waals surface area contributed by atoms with Gasteiger partial charge in [-0.2, -0.15) is 0 Å². The third-order valence-corrected chi connectivity index (χ3v) is 6.15. The zero-order valence-electron chi connectivity index (χ0n) is 17.1. The first-order valence-electron chi connectivity index (χ1n) is 9.95. The first-order chi connectivity index (χ1) is 15.6.